The highest BCUT2D eigenvalue weighted by Crippen LogP contribution is 2.22. The number of benzene rings is 2. The maximum absolute atomic E-state index is 12.5. The maximum atomic E-state index is 12.5. The van der Waals surface area contributed by atoms with Gasteiger partial charge in [-0.2, -0.15) is 0 Å². The lowest BCUT2D eigenvalue weighted by Crippen LogP contribution is -2.46. The zero-order chi connectivity index (χ0) is 20.9. The number of nitrogens with two attached hydrogens (primary N) is 1. The van der Waals surface area contributed by atoms with E-state index in [0.29, 0.717) is 13.0 Å². The standard InChI is InChI=1S/C24H30N4O.2ClH/c1-18-9-11-20(12-10-18)24(2,3)16-26-23(29)22(25)13-21-15-28(17-27-21)14-19-7-5-4-6-8-19;;/h4-12,15,17,22H,13-14,16,25H2,1-3H3,(H,26,29);2*1H/t22-;;/m0../s1. The molecule has 0 aliphatic carbocycles. The molecule has 1 aromatic heterocycles. The Morgan fingerprint density at radius 2 is 1.74 bits per heavy atom. The highest BCUT2D eigenvalue weighted by atomic mass is 35.5. The third-order valence-corrected chi connectivity index (χ3v) is 5.20. The third kappa shape index (κ3) is 7.69. The largest absolute Gasteiger partial charge is 0.354 e. The molecule has 7 heteroatoms. The molecule has 5 nitrogen and oxygen atoms in total. The van der Waals surface area contributed by atoms with E-state index in [1.54, 1.807) is 6.33 Å². The molecule has 0 bridgehead atoms. The number of rotatable bonds is 8. The molecule has 0 fully saturated rings. The quantitative estimate of drug-likeness (QED) is 0.530. The van der Waals surface area contributed by atoms with E-state index in [-0.39, 0.29) is 36.1 Å². The minimum Gasteiger partial charge on any atom is -0.354 e. The summed E-state index contributed by atoms with van der Waals surface area (Å²) < 4.78 is 2.01. The summed E-state index contributed by atoms with van der Waals surface area (Å²) in [6.45, 7) is 7.59. The monoisotopic (exact) mass is 462 g/mol. The van der Waals surface area contributed by atoms with Crippen LogP contribution in [0.2, 0.25) is 0 Å². The minimum atomic E-state index is -0.621. The van der Waals surface area contributed by atoms with Gasteiger partial charge < -0.3 is 15.6 Å². The number of imidazole rings is 1. The molecule has 0 unspecified atom stereocenters. The number of nitrogens with zero attached hydrogens (tertiary/aromatic N) is 2. The first-order valence-electron chi connectivity index (χ1n) is 9.98. The van der Waals surface area contributed by atoms with E-state index >= 15 is 0 Å². The van der Waals surface area contributed by atoms with Gasteiger partial charge in [0.2, 0.25) is 5.91 Å². The first-order valence-corrected chi connectivity index (χ1v) is 9.98. The number of carbonyl (C=O) groups excluding carboxylic acids is 1. The Morgan fingerprint density at radius 3 is 2.39 bits per heavy atom. The fourth-order valence-corrected chi connectivity index (χ4v) is 3.26. The molecule has 0 aliphatic heterocycles. The minimum absolute atomic E-state index is 0. The lowest BCUT2D eigenvalue weighted by molar-refractivity contribution is -0.122. The van der Waals surface area contributed by atoms with E-state index in [1.165, 1.54) is 16.7 Å². The molecule has 3 N–H and O–H groups in total. The van der Waals surface area contributed by atoms with Crippen molar-refractivity contribution in [2.75, 3.05) is 6.54 Å². The molecule has 1 heterocycles. The van der Waals surface area contributed by atoms with Crippen molar-refractivity contribution in [3.8, 4) is 0 Å². The number of amides is 1. The summed E-state index contributed by atoms with van der Waals surface area (Å²) in [4.78, 5) is 16.9. The van der Waals surface area contributed by atoms with Gasteiger partial charge in [-0.25, -0.2) is 4.98 Å². The van der Waals surface area contributed by atoms with E-state index in [9.17, 15) is 4.79 Å². The van der Waals surface area contributed by atoms with Gasteiger partial charge >= 0.3 is 0 Å². The van der Waals surface area contributed by atoms with Crippen molar-refractivity contribution in [3.05, 3.63) is 89.5 Å². The Balaban J connectivity index is 0.00000240. The molecule has 3 aromatic rings. The predicted molar refractivity (Wildman–Crippen MR) is 131 cm³/mol. The lowest BCUT2D eigenvalue weighted by atomic mass is 9.84. The molecule has 0 saturated heterocycles. The fraction of sp³-hybridized carbons (Fsp3) is 0.333. The van der Waals surface area contributed by atoms with Gasteiger partial charge in [0.1, 0.15) is 0 Å². The van der Waals surface area contributed by atoms with Crippen LogP contribution in [0.1, 0.15) is 36.2 Å². The number of halogens is 2. The highest BCUT2D eigenvalue weighted by Gasteiger charge is 2.23. The van der Waals surface area contributed by atoms with Crippen molar-refractivity contribution >= 4 is 30.7 Å². The first kappa shape index (κ1) is 26.7. The molecule has 3 rings (SSSR count). The van der Waals surface area contributed by atoms with Crippen molar-refractivity contribution in [2.45, 2.75) is 45.2 Å². The molecule has 0 saturated carbocycles. The Morgan fingerprint density at radius 1 is 1.10 bits per heavy atom. The van der Waals surface area contributed by atoms with Crippen LogP contribution in [0.15, 0.2) is 67.1 Å². The van der Waals surface area contributed by atoms with Gasteiger partial charge in [-0.1, -0.05) is 74.0 Å². The highest BCUT2D eigenvalue weighted by molar-refractivity contribution is 5.85. The normalized spacial score (nSPS) is 11.7. The molecule has 1 atom stereocenters. The van der Waals surface area contributed by atoms with Crippen molar-refractivity contribution in [1.29, 1.82) is 0 Å². The zero-order valence-corrected chi connectivity index (χ0v) is 19.9. The Kier molecular flexibility index (Phi) is 10.2. The Hall–Kier alpha value is -2.34. The number of carbonyl (C=O) groups is 1. The van der Waals surface area contributed by atoms with Gasteiger partial charge in [0.25, 0.3) is 0 Å². The first-order chi connectivity index (χ1) is 13.8. The Bertz CT molecular complexity index is 940. The molecule has 0 spiro atoms. The van der Waals surface area contributed by atoms with Crippen molar-refractivity contribution in [3.63, 3.8) is 0 Å². The summed E-state index contributed by atoms with van der Waals surface area (Å²) in [5.74, 6) is -0.150. The van der Waals surface area contributed by atoms with E-state index in [4.69, 9.17) is 5.73 Å². The number of aryl methyl sites for hydroxylation is 1. The summed E-state index contributed by atoms with van der Waals surface area (Å²) in [6.07, 6.45) is 4.16. The molecule has 0 aliphatic rings. The van der Waals surface area contributed by atoms with E-state index in [1.807, 2.05) is 29.0 Å². The average molecular weight is 463 g/mol. The van der Waals surface area contributed by atoms with E-state index < -0.39 is 6.04 Å². The van der Waals surface area contributed by atoms with Crippen LogP contribution in [0.25, 0.3) is 0 Å². The predicted octanol–water partition coefficient (Wildman–Crippen LogP) is 4.05. The second-order valence-electron chi connectivity index (χ2n) is 8.30. The fourth-order valence-electron chi connectivity index (χ4n) is 3.26. The van der Waals surface area contributed by atoms with Crippen molar-refractivity contribution in [1.82, 2.24) is 14.9 Å². The molecule has 0 radical (unpaired) electrons. The van der Waals surface area contributed by atoms with Gasteiger partial charge in [0.05, 0.1) is 18.1 Å². The van der Waals surface area contributed by atoms with Crippen LogP contribution >= 0.6 is 24.8 Å². The van der Waals surface area contributed by atoms with Gasteiger partial charge in [0, 0.05) is 31.1 Å². The Labute approximate surface area is 197 Å². The summed E-state index contributed by atoms with van der Waals surface area (Å²) in [6, 6.07) is 18.0. The van der Waals surface area contributed by atoms with Crippen LogP contribution < -0.4 is 11.1 Å². The molecular weight excluding hydrogens is 431 g/mol. The summed E-state index contributed by atoms with van der Waals surface area (Å²) in [7, 11) is 0. The maximum Gasteiger partial charge on any atom is 0.237 e. The molecule has 31 heavy (non-hydrogen) atoms. The number of aromatic nitrogens is 2. The van der Waals surface area contributed by atoms with Gasteiger partial charge in [-0.05, 0) is 18.1 Å². The van der Waals surface area contributed by atoms with Crippen LogP contribution in [-0.4, -0.2) is 28.0 Å². The van der Waals surface area contributed by atoms with Crippen LogP contribution in [0.5, 0.6) is 0 Å². The van der Waals surface area contributed by atoms with Crippen molar-refractivity contribution in [2.24, 2.45) is 5.73 Å². The number of hydrogen-bond acceptors (Lipinski definition) is 3. The van der Waals surface area contributed by atoms with Crippen LogP contribution in [0, 0.1) is 6.92 Å². The van der Waals surface area contributed by atoms with Gasteiger partial charge in [-0.3, -0.25) is 4.79 Å². The third-order valence-electron chi connectivity index (χ3n) is 5.20. The number of hydrogen-bond donors (Lipinski definition) is 2. The topological polar surface area (TPSA) is 72.9 Å². The second kappa shape index (κ2) is 11.9. The van der Waals surface area contributed by atoms with E-state index in [2.05, 4.69) is 67.5 Å². The van der Waals surface area contributed by atoms with Crippen molar-refractivity contribution < 1.29 is 4.79 Å². The van der Waals surface area contributed by atoms with Gasteiger partial charge in [0.15, 0.2) is 0 Å². The summed E-state index contributed by atoms with van der Waals surface area (Å²) >= 11 is 0. The van der Waals surface area contributed by atoms with Crippen LogP contribution in [0.3, 0.4) is 0 Å². The molecule has 2 aromatic carbocycles. The zero-order valence-electron chi connectivity index (χ0n) is 18.2. The van der Waals surface area contributed by atoms with E-state index in [0.717, 1.165) is 12.2 Å². The molecular formula is C24H32Cl2N4O. The van der Waals surface area contributed by atoms with Crippen LogP contribution in [0.4, 0.5) is 0 Å². The molecule has 168 valence electrons. The average Bonchev–Trinajstić information content (AvgIpc) is 3.14. The van der Waals surface area contributed by atoms with Crippen LogP contribution in [-0.2, 0) is 23.2 Å². The SMILES string of the molecule is Cc1ccc(C(C)(C)CNC(=O)[C@@H](N)Cc2cn(Cc3ccccc3)cn2)cc1.Cl.Cl. The second-order valence-corrected chi connectivity index (χ2v) is 8.30. The lowest BCUT2D eigenvalue weighted by Gasteiger charge is -2.26. The summed E-state index contributed by atoms with van der Waals surface area (Å²) in [5.41, 5.74) is 10.4. The number of nitrogens with one attached hydrogen (secondary N) is 1. The molecule has 1 amide bonds. The summed E-state index contributed by atoms with van der Waals surface area (Å²) in [5, 5.41) is 3.00. The van der Waals surface area contributed by atoms with Gasteiger partial charge in [-0.15, -0.1) is 24.8 Å². The smallest absolute Gasteiger partial charge is 0.237 e.